The molecule has 0 aromatic rings. The van der Waals surface area contributed by atoms with Crippen molar-refractivity contribution in [2.75, 3.05) is 6.54 Å². The van der Waals surface area contributed by atoms with Crippen LogP contribution in [0, 0.1) is 11.8 Å². The monoisotopic (exact) mass is 240 g/mol. The van der Waals surface area contributed by atoms with Gasteiger partial charge >= 0.3 is 0 Å². The molecule has 3 heteroatoms. The fourth-order valence-electron chi connectivity index (χ4n) is 2.73. The Balaban J connectivity index is 2.26. The Morgan fingerprint density at radius 3 is 2.47 bits per heavy atom. The molecule has 0 saturated heterocycles. The van der Waals surface area contributed by atoms with Gasteiger partial charge in [0.25, 0.3) is 0 Å². The maximum Gasteiger partial charge on any atom is 0.220 e. The highest BCUT2D eigenvalue weighted by atomic mass is 16.1. The normalized spacial score (nSPS) is 19.3. The molecule has 0 aliphatic heterocycles. The number of carbonyl (C=O) groups excluding carboxylic acids is 1. The minimum atomic E-state index is 0.202. The van der Waals surface area contributed by atoms with Crippen LogP contribution in [0.15, 0.2) is 0 Å². The molecule has 1 aliphatic carbocycles. The second-order valence-electron chi connectivity index (χ2n) is 5.84. The molecule has 1 aliphatic rings. The summed E-state index contributed by atoms with van der Waals surface area (Å²) >= 11 is 0. The first-order valence-corrected chi connectivity index (χ1v) is 7.11. The molecular weight excluding hydrogens is 212 g/mol. The number of amides is 1. The first-order valence-electron chi connectivity index (χ1n) is 7.11. The first kappa shape index (κ1) is 14.5. The average molecular weight is 240 g/mol. The minimum absolute atomic E-state index is 0.202. The molecule has 0 spiro atoms. The van der Waals surface area contributed by atoms with Crippen LogP contribution in [0.2, 0.25) is 0 Å². The van der Waals surface area contributed by atoms with E-state index in [1.165, 1.54) is 19.3 Å². The van der Waals surface area contributed by atoms with E-state index in [2.05, 4.69) is 19.2 Å². The number of nitrogens with one attached hydrogen (secondary N) is 1. The smallest absolute Gasteiger partial charge is 0.220 e. The van der Waals surface area contributed by atoms with Gasteiger partial charge in [-0.1, -0.05) is 33.1 Å². The molecule has 0 aromatic carbocycles. The molecule has 0 bridgehead atoms. The van der Waals surface area contributed by atoms with E-state index >= 15 is 0 Å². The summed E-state index contributed by atoms with van der Waals surface area (Å²) in [5, 5.41) is 3.16. The fraction of sp³-hybridized carbons (Fsp3) is 0.929. The van der Waals surface area contributed by atoms with Crippen LogP contribution in [0.5, 0.6) is 0 Å². The van der Waals surface area contributed by atoms with Gasteiger partial charge in [-0.25, -0.2) is 0 Å². The van der Waals surface area contributed by atoms with Gasteiger partial charge in [-0.15, -0.1) is 0 Å². The maximum atomic E-state index is 11.9. The second kappa shape index (κ2) is 7.70. The van der Waals surface area contributed by atoms with Crippen LogP contribution in [0.1, 0.15) is 58.8 Å². The van der Waals surface area contributed by atoms with Gasteiger partial charge in [-0.3, -0.25) is 4.79 Å². The summed E-state index contributed by atoms with van der Waals surface area (Å²) in [6.45, 7) is 4.99. The predicted octanol–water partition coefficient (Wildman–Crippen LogP) is 2.45. The molecule has 0 heterocycles. The molecular formula is C14H28N2O. The quantitative estimate of drug-likeness (QED) is 0.749. The topological polar surface area (TPSA) is 55.1 Å². The standard InChI is InChI=1S/C14H28N2O/c1-11(2)8-12(10-15)9-14(17)16-13-6-4-3-5-7-13/h11-13H,3-10,15H2,1-2H3,(H,16,17)/t12-/m0/s1. The van der Waals surface area contributed by atoms with Gasteiger partial charge < -0.3 is 11.1 Å². The van der Waals surface area contributed by atoms with Crippen LogP contribution >= 0.6 is 0 Å². The Hall–Kier alpha value is -0.570. The van der Waals surface area contributed by atoms with E-state index in [1.807, 2.05) is 0 Å². The zero-order valence-electron chi connectivity index (χ0n) is 11.4. The number of hydrogen-bond acceptors (Lipinski definition) is 2. The third-order valence-electron chi connectivity index (χ3n) is 3.58. The average Bonchev–Trinajstić information content (AvgIpc) is 2.28. The van der Waals surface area contributed by atoms with E-state index < -0.39 is 0 Å². The summed E-state index contributed by atoms with van der Waals surface area (Å²) < 4.78 is 0. The van der Waals surface area contributed by atoms with Crippen molar-refractivity contribution in [1.82, 2.24) is 5.32 Å². The maximum absolute atomic E-state index is 11.9. The van der Waals surface area contributed by atoms with Crippen LogP contribution in [0.25, 0.3) is 0 Å². The molecule has 1 rings (SSSR count). The van der Waals surface area contributed by atoms with Crippen molar-refractivity contribution in [3.8, 4) is 0 Å². The van der Waals surface area contributed by atoms with E-state index in [1.54, 1.807) is 0 Å². The van der Waals surface area contributed by atoms with E-state index in [4.69, 9.17) is 5.73 Å². The Morgan fingerprint density at radius 1 is 1.29 bits per heavy atom. The molecule has 0 radical (unpaired) electrons. The SMILES string of the molecule is CC(C)C[C@H](CN)CC(=O)NC1CCCCC1. The van der Waals surface area contributed by atoms with Crippen LogP contribution in [-0.2, 0) is 4.79 Å². The highest BCUT2D eigenvalue weighted by molar-refractivity contribution is 5.76. The van der Waals surface area contributed by atoms with E-state index in [0.29, 0.717) is 30.8 Å². The van der Waals surface area contributed by atoms with Gasteiger partial charge in [0.05, 0.1) is 0 Å². The minimum Gasteiger partial charge on any atom is -0.353 e. The van der Waals surface area contributed by atoms with E-state index in [0.717, 1.165) is 19.3 Å². The molecule has 0 aromatic heterocycles. The van der Waals surface area contributed by atoms with Crippen LogP contribution in [-0.4, -0.2) is 18.5 Å². The van der Waals surface area contributed by atoms with E-state index in [-0.39, 0.29) is 5.91 Å². The zero-order valence-corrected chi connectivity index (χ0v) is 11.4. The zero-order chi connectivity index (χ0) is 12.7. The summed E-state index contributed by atoms with van der Waals surface area (Å²) in [6.07, 6.45) is 7.81. The molecule has 1 fully saturated rings. The highest BCUT2D eigenvalue weighted by Gasteiger charge is 2.18. The Kier molecular flexibility index (Phi) is 6.56. The van der Waals surface area contributed by atoms with Gasteiger partial charge in [0, 0.05) is 12.5 Å². The van der Waals surface area contributed by atoms with Gasteiger partial charge in [0.2, 0.25) is 5.91 Å². The molecule has 0 unspecified atom stereocenters. The van der Waals surface area contributed by atoms with Gasteiger partial charge in [-0.2, -0.15) is 0 Å². The van der Waals surface area contributed by atoms with Gasteiger partial charge in [0.15, 0.2) is 0 Å². The Labute approximate surface area is 106 Å². The van der Waals surface area contributed by atoms with Crippen LogP contribution < -0.4 is 11.1 Å². The number of hydrogen-bond donors (Lipinski definition) is 2. The van der Waals surface area contributed by atoms with Crippen molar-refractivity contribution in [3.63, 3.8) is 0 Å². The Bertz CT molecular complexity index is 222. The number of carbonyl (C=O) groups is 1. The summed E-state index contributed by atoms with van der Waals surface area (Å²) in [5.74, 6) is 1.16. The summed E-state index contributed by atoms with van der Waals surface area (Å²) in [5.41, 5.74) is 5.72. The first-order chi connectivity index (χ1) is 8.11. The lowest BCUT2D eigenvalue weighted by molar-refractivity contribution is -0.123. The number of rotatable bonds is 6. The lowest BCUT2D eigenvalue weighted by Crippen LogP contribution is -2.37. The summed E-state index contributed by atoms with van der Waals surface area (Å²) in [6, 6.07) is 0.425. The van der Waals surface area contributed by atoms with Crippen molar-refractivity contribution >= 4 is 5.91 Å². The van der Waals surface area contributed by atoms with Crippen LogP contribution in [0.3, 0.4) is 0 Å². The molecule has 17 heavy (non-hydrogen) atoms. The second-order valence-corrected chi connectivity index (χ2v) is 5.84. The lowest BCUT2D eigenvalue weighted by Gasteiger charge is -2.24. The van der Waals surface area contributed by atoms with Crippen molar-refractivity contribution in [1.29, 1.82) is 0 Å². The number of nitrogens with two attached hydrogens (primary N) is 1. The third-order valence-corrected chi connectivity index (χ3v) is 3.58. The molecule has 3 nitrogen and oxygen atoms in total. The third kappa shape index (κ3) is 6.06. The molecule has 3 N–H and O–H groups in total. The van der Waals surface area contributed by atoms with E-state index in [9.17, 15) is 4.79 Å². The summed E-state index contributed by atoms with van der Waals surface area (Å²) in [7, 11) is 0. The lowest BCUT2D eigenvalue weighted by atomic mass is 9.92. The van der Waals surface area contributed by atoms with Crippen LogP contribution in [0.4, 0.5) is 0 Å². The Morgan fingerprint density at radius 2 is 1.94 bits per heavy atom. The predicted molar refractivity (Wildman–Crippen MR) is 71.6 cm³/mol. The fourth-order valence-corrected chi connectivity index (χ4v) is 2.73. The van der Waals surface area contributed by atoms with Gasteiger partial charge in [-0.05, 0) is 37.6 Å². The molecule has 1 saturated carbocycles. The van der Waals surface area contributed by atoms with Crippen molar-refractivity contribution < 1.29 is 4.79 Å². The van der Waals surface area contributed by atoms with Crippen molar-refractivity contribution in [2.45, 2.75) is 64.8 Å². The highest BCUT2D eigenvalue weighted by Crippen LogP contribution is 2.18. The molecule has 100 valence electrons. The largest absolute Gasteiger partial charge is 0.353 e. The van der Waals surface area contributed by atoms with Gasteiger partial charge in [0.1, 0.15) is 0 Å². The van der Waals surface area contributed by atoms with Crippen molar-refractivity contribution in [2.24, 2.45) is 17.6 Å². The van der Waals surface area contributed by atoms with Crippen molar-refractivity contribution in [3.05, 3.63) is 0 Å². The summed E-state index contributed by atoms with van der Waals surface area (Å²) in [4.78, 5) is 11.9. The molecule has 1 amide bonds. The molecule has 1 atom stereocenters.